The summed E-state index contributed by atoms with van der Waals surface area (Å²) >= 11 is 3.21. The van der Waals surface area contributed by atoms with Crippen LogP contribution in [0, 0.1) is 0 Å². The van der Waals surface area contributed by atoms with Crippen molar-refractivity contribution in [3.8, 4) is 0 Å². The van der Waals surface area contributed by atoms with E-state index in [4.69, 9.17) is 5.11 Å². The summed E-state index contributed by atoms with van der Waals surface area (Å²) in [5.41, 5.74) is 0. The third-order valence-corrected chi connectivity index (χ3v) is 4.17. The molecule has 18 heavy (non-hydrogen) atoms. The molecular formula is C11H14BrNO4S. The van der Waals surface area contributed by atoms with E-state index < -0.39 is 16.0 Å². The zero-order chi connectivity index (χ0) is 13.6. The molecule has 0 unspecified atom stereocenters. The number of rotatable bonds is 7. The molecule has 0 spiro atoms. The highest BCUT2D eigenvalue weighted by atomic mass is 79.9. The van der Waals surface area contributed by atoms with Crippen LogP contribution in [0.5, 0.6) is 0 Å². The Morgan fingerprint density at radius 1 is 1.33 bits per heavy atom. The molecule has 5 nitrogen and oxygen atoms in total. The van der Waals surface area contributed by atoms with Gasteiger partial charge in [-0.3, -0.25) is 4.79 Å². The molecule has 0 aliphatic carbocycles. The maximum absolute atomic E-state index is 11.8. The second-order valence-electron chi connectivity index (χ2n) is 3.71. The van der Waals surface area contributed by atoms with E-state index in [-0.39, 0.29) is 17.9 Å². The zero-order valence-corrected chi connectivity index (χ0v) is 12.0. The van der Waals surface area contributed by atoms with Crippen LogP contribution in [0.15, 0.2) is 33.6 Å². The van der Waals surface area contributed by atoms with E-state index in [9.17, 15) is 13.2 Å². The first-order valence-electron chi connectivity index (χ1n) is 5.39. The van der Waals surface area contributed by atoms with Gasteiger partial charge in [0.1, 0.15) is 0 Å². The predicted octanol–water partition coefficient (Wildman–Crippen LogP) is 1.98. The summed E-state index contributed by atoms with van der Waals surface area (Å²) in [5.74, 6) is -0.871. The van der Waals surface area contributed by atoms with Gasteiger partial charge in [-0.25, -0.2) is 13.1 Å². The van der Waals surface area contributed by atoms with Gasteiger partial charge in [0.05, 0.1) is 4.90 Å². The van der Waals surface area contributed by atoms with Crippen molar-refractivity contribution < 1.29 is 18.3 Å². The molecule has 0 aliphatic heterocycles. The maximum Gasteiger partial charge on any atom is 0.303 e. The van der Waals surface area contributed by atoms with Crippen LogP contribution < -0.4 is 4.72 Å². The van der Waals surface area contributed by atoms with Gasteiger partial charge in [0.25, 0.3) is 0 Å². The first-order valence-corrected chi connectivity index (χ1v) is 7.66. The Morgan fingerprint density at radius 2 is 2.06 bits per heavy atom. The quantitative estimate of drug-likeness (QED) is 0.746. The van der Waals surface area contributed by atoms with Gasteiger partial charge >= 0.3 is 5.97 Å². The molecule has 0 atom stereocenters. The van der Waals surface area contributed by atoms with E-state index in [2.05, 4.69) is 20.7 Å². The number of carboxylic acids is 1. The fraction of sp³-hybridized carbons (Fsp3) is 0.364. The van der Waals surface area contributed by atoms with Crippen LogP contribution in [0.4, 0.5) is 0 Å². The number of hydrogen-bond acceptors (Lipinski definition) is 3. The SMILES string of the molecule is O=C(O)CCCCNS(=O)(=O)c1cccc(Br)c1. The largest absolute Gasteiger partial charge is 0.481 e. The summed E-state index contributed by atoms with van der Waals surface area (Å²) in [6, 6.07) is 6.40. The van der Waals surface area contributed by atoms with Crippen molar-refractivity contribution >= 4 is 31.9 Å². The molecule has 1 aromatic rings. The van der Waals surface area contributed by atoms with Crippen molar-refractivity contribution in [3.63, 3.8) is 0 Å². The highest BCUT2D eigenvalue weighted by molar-refractivity contribution is 9.10. The number of hydrogen-bond donors (Lipinski definition) is 2. The lowest BCUT2D eigenvalue weighted by atomic mass is 10.2. The lowest BCUT2D eigenvalue weighted by Crippen LogP contribution is -2.24. The second kappa shape index (κ2) is 6.86. The number of halogens is 1. The van der Waals surface area contributed by atoms with Crippen molar-refractivity contribution in [2.24, 2.45) is 0 Å². The van der Waals surface area contributed by atoms with Gasteiger partial charge in [-0.2, -0.15) is 0 Å². The Bertz CT molecular complexity index is 516. The first-order chi connectivity index (χ1) is 8.42. The van der Waals surface area contributed by atoms with Crippen molar-refractivity contribution in [1.29, 1.82) is 0 Å². The van der Waals surface area contributed by atoms with Crippen LogP contribution in [-0.4, -0.2) is 26.0 Å². The Kier molecular flexibility index (Phi) is 5.77. The van der Waals surface area contributed by atoms with Crippen LogP contribution in [0.1, 0.15) is 19.3 Å². The van der Waals surface area contributed by atoms with E-state index in [1.54, 1.807) is 12.1 Å². The number of carbonyl (C=O) groups is 1. The predicted molar refractivity (Wildman–Crippen MR) is 70.8 cm³/mol. The van der Waals surface area contributed by atoms with Gasteiger partial charge in [-0.05, 0) is 31.0 Å². The standard InChI is InChI=1S/C11H14BrNO4S/c12-9-4-3-5-10(8-9)18(16,17)13-7-2-1-6-11(14)15/h3-5,8,13H,1-2,6-7H2,(H,14,15). The lowest BCUT2D eigenvalue weighted by Gasteiger charge is -2.06. The molecule has 2 N–H and O–H groups in total. The summed E-state index contributed by atoms with van der Waals surface area (Å²) in [6.45, 7) is 0.238. The third-order valence-electron chi connectivity index (χ3n) is 2.22. The summed E-state index contributed by atoms with van der Waals surface area (Å²) in [6.07, 6.45) is 1.01. The molecule has 0 aromatic heterocycles. The van der Waals surface area contributed by atoms with Crippen LogP contribution in [0.2, 0.25) is 0 Å². The molecule has 1 rings (SSSR count). The average molecular weight is 336 g/mol. The van der Waals surface area contributed by atoms with Gasteiger partial charge in [0.15, 0.2) is 0 Å². The molecule has 0 bridgehead atoms. The van der Waals surface area contributed by atoms with E-state index >= 15 is 0 Å². The van der Waals surface area contributed by atoms with E-state index in [0.29, 0.717) is 17.3 Å². The number of nitrogens with one attached hydrogen (secondary N) is 1. The topological polar surface area (TPSA) is 83.5 Å². The molecule has 1 aromatic carbocycles. The molecule has 0 radical (unpaired) electrons. The summed E-state index contributed by atoms with van der Waals surface area (Å²) in [4.78, 5) is 10.5. The summed E-state index contributed by atoms with van der Waals surface area (Å²) in [5, 5.41) is 8.44. The average Bonchev–Trinajstić information content (AvgIpc) is 2.28. The molecule has 0 heterocycles. The minimum Gasteiger partial charge on any atom is -0.481 e. The van der Waals surface area contributed by atoms with E-state index in [0.717, 1.165) is 0 Å². The van der Waals surface area contributed by atoms with Gasteiger partial charge in [0.2, 0.25) is 10.0 Å². The molecule has 0 saturated carbocycles. The van der Waals surface area contributed by atoms with Gasteiger partial charge in [-0.1, -0.05) is 22.0 Å². The third kappa shape index (κ3) is 5.16. The highest BCUT2D eigenvalue weighted by Crippen LogP contribution is 2.15. The Labute approximate surface area is 114 Å². The Morgan fingerprint density at radius 3 is 2.67 bits per heavy atom. The Hall–Kier alpha value is -0.920. The molecule has 0 aliphatic rings. The van der Waals surface area contributed by atoms with E-state index in [1.165, 1.54) is 12.1 Å². The highest BCUT2D eigenvalue weighted by Gasteiger charge is 2.13. The van der Waals surface area contributed by atoms with Crippen LogP contribution in [0.3, 0.4) is 0 Å². The molecule has 0 saturated heterocycles. The van der Waals surface area contributed by atoms with Gasteiger partial charge in [-0.15, -0.1) is 0 Å². The number of aliphatic carboxylic acids is 1. The number of benzene rings is 1. The number of unbranched alkanes of at least 4 members (excludes halogenated alkanes) is 1. The molecule has 7 heteroatoms. The number of sulfonamides is 1. The minimum absolute atomic E-state index is 0.0542. The summed E-state index contributed by atoms with van der Waals surface area (Å²) < 4.78 is 26.8. The van der Waals surface area contributed by atoms with Crippen LogP contribution >= 0.6 is 15.9 Å². The lowest BCUT2D eigenvalue weighted by molar-refractivity contribution is -0.137. The Balaban J connectivity index is 2.48. The zero-order valence-electron chi connectivity index (χ0n) is 9.60. The van der Waals surface area contributed by atoms with Crippen molar-refractivity contribution in [2.75, 3.05) is 6.54 Å². The molecular weight excluding hydrogens is 322 g/mol. The van der Waals surface area contributed by atoms with Gasteiger partial charge in [0, 0.05) is 17.4 Å². The molecule has 0 fully saturated rings. The van der Waals surface area contributed by atoms with Crippen LogP contribution in [-0.2, 0) is 14.8 Å². The van der Waals surface area contributed by atoms with Crippen molar-refractivity contribution in [2.45, 2.75) is 24.2 Å². The van der Waals surface area contributed by atoms with Crippen LogP contribution in [0.25, 0.3) is 0 Å². The fourth-order valence-electron chi connectivity index (χ4n) is 1.33. The number of carboxylic acid groups (broad SMARTS) is 1. The molecule has 100 valence electrons. The van der Waals surface area contributed by atoms with Crippen molar-refractivity contribution in [1.82, 2.24) is 4.72 Å². The minimum atomic E-state index is -3.51. The van der Waals surface area contributed by atoms with E-state index in [1.807, 2.05) is 0 Å². The normalized spacial score (nSPS) is 11.4. The fourth-order valence-corrected chi connectivity index (χ4v) is 3.00. The van der Waals surface area contributed by atoms with Crippen molar-refractivity contribution in [3.05, 3.63) is 28.7 Å². The smallest absolute Gasteiger partial charge is 0.303 e. The summed E-state index contributed by atoms with van der Waals surface area (Å²) in [7, 11) is -3.51. The first kappa shape index (κ1) is 15.1. The molecule has 0 amide bonds. The maximum atomic E-state index is 11.8. The second-order valence-corrected chi connectivity index (χ2v) is 6.39. The monoisotopic (exact) mass is 335 g/mol. The van der Waals surface area contributed by atoms with Gasteiger partial charge < -0.3 is 5.11 Å².